The number of esters is 1. The van der Waals surface area contributed by atoms with Crippen LogP contribution in [0.2, 0.25) is 0 Å². The second-order valence-electron chi connectivity index (χ2n) is 6.87. The van der Waals surface area contributed by atoms with E-state index >= 15 is 0 Å². The predicted molar refractivity (Wildman–Crippen MR) is 114 cm³/mol. The number of unbranched alkanes of at least 4 members (excludes halogenated alkanes) is 1. The van der Waals surface area contributed by atoms with Gasteiger partial charge < -0.3 is 24.6 Å². The summed E-state index contributed by atoms with van der Waals surface area (Å²) in [5.41, 5.74) is 0.410. The lowest BCUT2D eigenvalue weighted by Crippen LogP contribution is -2.47. The number of benzene rings is 1. The number of carbonyl (C=O) groups is 3. The number of carbonyl (C=O) groups excluding carboxylic acids is 3. The third-order valence-electron chi connectivity index (χ3n) is 4.64. The lowest BCUT2D eigenvalue weighted by atomic mass is 10.1. The normalized spacial score (nSPS) is 13.9. The van der Waals surface area contributed by atoms with Gasteiger partial charge >= 0.3 is 12.1 Å². The zero-order valence-corrected chi connectivity index (χ0v) is 17.9. The van der Waals surface area contributed by atoms with E-state index < -0.39 is 11.9 Å². The summed E-state index contributed by atoms with van der Waals surface area (Å²) in [4.78, 5) is 40.1. The van der Waals surface area contributed by atoms with Gasteiger partial charge in [0.1, 0.15) is 11.6 Å². The molecule has 0 saturated carbocycles. The van der Waals surface area contributed by atoms with E-state index in [0.29, 0.717) is 39.4 Å². The fourth-order valence-electron chi connectivity index (χ4n) is 2.92. The van der Waals surface area contributed by atoms with Crippen LogP contribution in [0.5, 0.6) is 0 Å². The van der Waals surface area contributed by atoms with Crippen molar-refractivity contribution in [1.29, 1.82) is 5.26 Å². The molecule has 1 N–H and O–H groups in total. The second-order valence-corrected chi connectivity index (χ2v) is 6.87. The van der Waals surface area contributed by atoms with Crippen molar-refractivity contribution in [2.24, 2.45) is 0 Å². The number of anilines is 1. The van der Waals surface area contributed by atoms with Crippen molar-refractivity contribution in [3.05, 3.63) is 41.6 Å². The molecule has 9 heteroatoms. The van der Waals surface area contributed by atoms with E-state index in [1.54, 1.807) is 41.0 Å². The van der Waals surface area contributed by atoms with Crippen LogP contribution in [-0.4, -0.2) is 67.2 Å². The Kier molecular flexibility index (Phi) is 9.36. The molecule has 0 radical (unpaired) electrons. The minimum Gasteiger partial charge on any atom is -0.462 e. The average Bonchev–Trinajstić information content (AvgIpc) is 2.78. The van der Waals surface area contributed by atoms with Gasteiger partial charge in [-0.3, -0.25) is 4.79 Å². The molecule has 1 fully saturated rings. The molecule has 2 amide bonds. The van der Waals surface area contributed by atoms with Gasteiger partial charge in [0.25, 0.3) is 5.91 Å². The number of nitrogens with zero attached hydrogens (tertiary/aromatic N) is 3. The molecule has 1 aromatic carbocycles. The van der Waals surface area contributed by atoms with E-state index in [2.05, 4.69) is 5.32 Å². The first-order chi connectivity index (χ1) is 15.0. The van der Waals surface area contributed by atoms with Crippen LogP contribution in [-0.2, 0) is 14.3 Å². The van der Waals surface area contributed by atoms with Gasteiger partial charge in [-0.25, -0.2) is 9.59 Å². The van der Waals surface area contributed by atoms with Gasteiger partial charge in [0.05, 0.1) is 24.5 Å². The van der Waals surface area contributed by atoms with Crippen LogP contribution >= 0.6 is 0 Å². The highest BCUT2D eigenvalue weighted by Gasteiger charge is 2.22. The zero-order chi connectivity index (χ0) is 22.6. The van der Waals surface area contributed by atoms with Gasteiger partial charge in [0.15, 0.2) is 0 Å². The molecule has 31 heavy (non-hydrogen) atoms. The van der Waals surface area contributed by atoms with Gasteiger partial charge in [-0.15, -0.1) is 0 Å². The lowest BCUT2D eigenvalue weighted by Gasteiger charge is -2.33. The van der Waals surface area contributed by atoms with Crippen LogP contribution in [0, 0.1) is 11.3 Å². The highest BCUT2D eigenvalue weighted by molar-refractivity contribution is 6.09. The Balaban J connectivity index is 2.02. The first kappa shape index (κ1) is 23.7. The third-order valence-corrected chi connectivity index (χ3v) is 4.64. The highest BCUT2D eigenvalue weighted by atomic mass is 16.6. The van der Waals surface area contributed by atoms with Crippen LogP contribution in [0.1, 0.15) is 37.0 Å². The van der Waals surface area contributed by atoms with Crippen molar-refractivity contribution >= 4 is 23.7 Å². The maximum atomic E-state index is 12.6. The standard InChI is InChI=1S/C22H28N4O5/c1-3-5-14-31-21(28)18-8-6-7-9-19(18)24-20(27)17(15-23)16-25-10-12-26(13-11-25)22(29)30-4-2/h6-9,16H,3-5,10-14H2,1-2H3,(H,24,27)/b17-16-. The molecule has 1 aromatic rings. The first-order valence-corrected chi connectivity index (χ1v) is 10.3. The zero-order valence-electron chi connectivity index (χ0n) is 17.9. The minimum atomic E-state index is -0.621. The van der Waals surface area contributed by atoms with Crippen LogP contribution in [0.15, 0.2) is 36.0 Å². The van der Waals surface area contributed by atoms with Crippen molar-refractivity contribution < 1.29 is 23.9 Å². The van der Waals surface area contributed by atoms with E-state index in [-0.39, 0.29) is 22.9 Å². The van der Waals surface area contributed by atoms with Gasteiger partial charge in [0.2, 0.25) is 0 Å². The summed E-state index contributed by atoms with van der Waals surface area (Å²) in [6, 6.07) is 8.41. The van der Waals surface area contributed by atoms with E-state index in [1.165, 1.54) is 6.20 Å². The Hall–Kier alpha value is -3.54. The summed E-state index contributed by atoms with van der Waals surface area (Å²) in [6.07, 6.45) is 2.76. The third kappa shape index (κ3) is 7.03. The minimum absolute atomic E-state index is 0.0984. The predicted octanol–water partition coefficient (Wildman–Crippen LogP) is 2.76. The van der Waals surface area contributed by atoms with Crippen molar-refractivity contribution in [3.63, 3.8) is 0 Å². The van der Waals surface area contributed by atoms with E-state index in [9.17, 15) is 19.6 Å². The summed E-state index contributed by atoms with van der Waals surface area (Å²) >= 11 is 0. The van der Waals surface area contributed by atoms with Crippen LogP contribution in [0.4, 0.5) is 10.5 Å². The van der Waals surface area contributed by atoms with E-state index in [1.807, 2.05) is 13.0 Å². The Morgan fingerprint density at radius 1 is 1.13 bits per heavy atom. The Labute approximate surface area is 182 Å². The summed E-state index contributed by atoms with van der Waals surface area (Å²) < 4.78 is 10.2. The van der Waals surface area contributed by atoms with E-state index in [4.69, 9.17) is 9.47 Å². The number of rotatable bonds is 8. The van der Waals surface area contributed by atoms with Crippen molar-refractivity contribution in [2.45, 2.75) is 26.7 Å². The molecule has 0 aromatic heterocycles. The summed E-state index contributed by atoms with van der Waals surface area (Å²) in [5, 5.41) is 12.1. The lowest BCUT2D eigenvalue weighted by molar-refractivity contribution is -0.112. The Morgan fingerprint density at radius 2 is 1.84 bits per heavy atom. The Morgan fingerprint density at radius 3 is 2.48 bits per heavy atom. The molecule has 2 rings (SSSR count). The van der Waals surface area contributed by atoms with Gasteiger partial charge in [0, 0.05) is 32.4 Å². The SMILES string of the molecule is CCCCOC(=O)c1ccccc1NC(=O)/C(C#N)=C\N1CCN(C(=O)OCC)CC1. The summed E-state index contributed by atoms with van der Waals surface area (Å²) in [6.45, 7) is 6.16. The largest absolute Gasteiger partial charge is 0.462 e. The van der Waals surface area contributed by atoms with Crippen LogP contribution in [0.25, 0.3) is 0 Å². The fraction of sp³-hybridized carbons (Fsp3) is 0.455. The van der Waals surface area contributed by atoms with Crippen molar-refractivity contribution in [2.75, 3.05) is 44.7 Å². The molecule has 9 nitrogen and oxygen atoms in total. The number of hydrogen-bond donors (Lipinski definition) is 1. The topological polar surface area (TPSA) is 112 Å². The number of nitrogens with one attached hydrogen (secondary N) is 1. The molecule has 0 aliphatic carbocycles. The number of hydrogen-bond acceptors (Lipinski definition) is 7. The van der Waals surface area contributed by atoms with Crippen LogP contribution in [0.3, 0.4) is 0 Å². The van der Waals surface area contributed by atoms with Crippen LogP contribution < -0.4 is 5.32 Å². The molecule has 0 bridgehead atoms. The summed E-state index contributed by atoms with van der Waals surface area (Å²) in [5.74, 6) is -1.15. The smallest absolute Gasteiger partial charge is 0.409 e. The fourth-order valence-corrected chi connectivity index (χ4v) is 2.92. The van der Waals surface area contributed by atoms with Crippen molar-refractivity contribution in [3.8, 4) is 6.07 Å². The van der Waals surface area contributed by atoms with Gasteiger partial charge in [-0.1, -0.05) is 25.5 Å². The monoisotopic (exact) mass is 428 g/mol. The maximum absolute atomic E-state index is 12.6. The number of nitriles is 1. The number of para-hydroxylation sites is 1. The number of amides is 2. The Bertz CT molecular complexity index is 854. The van der Waals surface area contributed by atoms with Crippen molar-refractivity contribution in [1.82, 2.24) is 9.80 Å². The molecule has 1 aliphatic rings. The summed E-state index contributed by atoms with van der Waals surface area (Å²) in [7, 11) is 0. The van der Waals surface area contributed by atoms with Gasteiger partial charge in [-0.2, -0.15) is 5.26 Å². The molecule has 0 spiro atoms. The molecule has 1 heterocycles. The highest BCUT2D eigenvalue weighted by Crippen LogP contribution is 2.18. The number of piperazine rings is 1. The van der Waals surface area contributed by atoms with Gasteiger partial charge in [-0.05, 0) is 25.5 Å². The first-order valence-electron chi connectivity index (χ1n) is 10.3. The second kappa shape index (κ2) is 12.2. The molecule has 1 aliphatic heterocycles. The molecular weight excluding hydrogens is 400 g/mol. The molecular formula is C22H28N4O5. The molecule has 1 saturated heterocycles. The van der Waals surface area contributed by atoms with E-state index in [0.717, 1.165) is 12.8 Å². The molecule has 0 atom stereocenters. The average molecular weight is 428 g/mol. The maximum Gasteiger partial charge on any atom is 0.409 e. The molecule has 0 unspecified atom stereocenters. The quantitative estimate of drug-likeness (QED) is 0.293. The number of ether oxygens (including phenoxy) is 2. The molecule has 166 valence electrons.